The Balaban J connectivity index is 2.56. The normalized spacial score (nSPS) is 13.2. The first-order chi connectivity index (χ1) is 6.59. The lowest BCUT2D eigenvalue weighted by molar-refractivity contribution is 0.381. The summed E-state index contributed by atoms with van der Waals surface area (Å²) in [5.41, 5.74) is 6.82. The maximum Gasteiger partial charge on any atom is 0.0586 e. The van der Waals surface area contributed by atoms with Crippen LogP contribution in [-0.2, 0) is 0 Å². The minimum Gasteiger partial charge on any atom is -0.323 e. The van der Waals surface area contributed by atoms with Crippen LogP contribution in [0.2, 0.25) is 5.02 Å². The van der Waals surface area contributed by atoms with E-state index in [2.05, 4.69) is 9.88 Å². The third kappa shape index (κ3) is 3.62. The SMILES string of the molecule is CN(C)CCC(N)c1cc(Cl)ccn1. The fourth-order valence-electron chi connectivity index (χ4n) is 1.17. The van der Waals surface area contributed by atoms with Crippen molar-refractivity contribution in [1.82, 2.24) is 9.88 Å². The highest BCUT2D eigenvalue weighted by atomic mass is 35.5. The molecule has 0 amide bonds. The number of halogens is 1. The first-order valence-electron chi connectivity index (χ1n) is 4.61. The fourth-order valence-corrected chi connectivity index (χ4v) is 1.34. The van der Waals surface area contributed by atoms with Crippen molar-refractivity contribution in [3.05, 3.63) is 29.0 Å². The quantitative estimate of drug-likeness (QED) is 0.828. The molecular formula is C10H16ClN3. The van der Waals surface area contributed by atoms with Crippen LogP contribution in [0.3, 0.4) is 0 Å². The molecule has 0 aromatic carbocycles. The average molecular weight is 214 g/mol. The highest BCUT2D eigenvalue weighted by molar-refractivity contribution is 6.30. The molecule has 0 bridgehead atoms. The van der Waals surface area contributed by atoms with E-state index in [0.717, 1.165) is 18.7 Å². The van der Waals surface area contributed by atoms with Crippen molar-refractivity contribution in [2.24, 2.45) is 5.73 Å². The summed E-state index contributed by atoms with van der Waals surface area (Å²) in [7, 11) is 4.05. The maximum absolute atomic E-state index is 5.96. The van der Waals surface area contributed by atoms with Gasteiger partial charge in [0.25, 0.3) is 0 Å². The predicted octanol–water partition coefficient (Wildman–Crippen LogP) is 1.69. The van der Waals surface area contributed by atoms with E-state index < -0.39 is 0 Å². The minimum atomic E-state index is -0.0314. The van der Waals surface area contributed by atoms with Gasteiger partial charge in [0.1, 0.15) is 0 Å². The number of nitrogens with zero attached hydrogens (tertiary/aromatic N) is 2. The zero-order valence-corrected chi connectivity index (χ0v) is 9.33. The molecule has 0 aliphatic rings. The van der Waals surface area contributed by atoms with Crippen molar-refractivity contribution in [1.29, 1.82) is 0 Å². The summed E-state index contributed by atoms with van der Waals surface area (Å²) in [5, 5.41) is 0.690. The van der Waals surface area contributed by atoms with Crippen molar-refractivity contribution >= 4 is 11.6 Å². The number of aromatic nitrogens is 1. The van der Waals surface area contributed by atoms with Crippen molar-refractivity contribution in [2.45, 2.75) is 12.5 Å². The van der Waals surface area contributed by atoms with Gasteiger partial charge in [0.2, 0.25) is 0 Å². The van der Waals surface area contributed by atoms with E-state index in [1.165, 1.54) is 0 Å². The number of hydrogen-bond acceptors (Lipinski definition) is 3. The summed E-state index contributed by atoms with van der Waals surface area (Å²) in [6.45, 7) is 0.954. The lowest BCUT2D eigenvalue weighted by Gasteiger charge is -2.14. The molecule has 1 unspecified atom stereocenters. The van der Waals surface area contributed by atoms with Crippen molar-refractivity contribution in [3.63, 3.8) is 0 Å². The van der Waals surface area contributed by atoms with Gasteiger partial charge in [-0.3, -0.25) is 4.98 Å². The number of hydrogen-bond donors (Lipinski definition) is 1. The largest absolute Gasteiger partial charge is 0.323 e. The van der Waals surface area contributed by atoms with E-state index in [-0.39, 0.29) is 6.04 Å². The summed E-state index contributed by atoms with van der Waals surface area (Å²) in [4.78, 5) is 6.29. The molecule has 0 spiro atoms. The van der Waals surface area contributed by atoms with Gasteiger partial charge in [-0.1, -0.05) is 11.6 Å². The number of rotatable bonds is 4. The van der Waals surface area contributed by atoms with Gasteiger partial charge < -0.3 is 10.6 Å². The maximum atomic E-state index is 5.96. The Morgan fingerprint density at radius 3 is 2.86 bits per heavy atom. The lowest BCUT2D eigenvalue weighted by Crippen LogP contribution is -2.20. The summed E-state index contributed by atoms with van der Waals surface area (Å²) in [5.74, 6) is 0. The summed E-state index contributed by atoms with van der Waals surface area (Å²) in [6.07, 6.45) is 2.58. The average Bonchev–Trinajstić information content (AvgIpc) is 2.14. The molecule has 4 heteroatoms. The first kappa shape index (κ1) is 11.4. The number of nitrogens with two attached hydrogens (primary N) is 1. The topological polar surface area (TPSA) is 42.1 Å². The van der Waals surface area contributed by atoms with Crippen molar-refractivity contribution in [2.75, 3.05) is 20.6 Å². The predicted molar refractivity (Wildman–Crippen MR) is 59.3 cm³/mol. The van der Waals surface area contributed by atoms with Crippen LogP contribution >= 0.6 is 11.6 Å². The van der Waals surface area contributed by atoms with Gasteiger partial charge in [0, 0.05) is 17.3 Å². The van der Waals surface area contributed by atoms with Gasteiger partial charge in [-0.2, -0.15) is 0 Å². The third-order valence-electron chi connectivity index (χ3n) is 2.01. The Morgan fingerprint density at radius 2 is 2.29 bits per heavy atom. The summed E-state index contributed by atoms with van der Waals surface area (Å²) in [6, 6.07) is 3.54. The molecule has 0 radical (unpaired) electrons. The molecule has 0 fully saturated rings. The van der Waals surface area contributed by atoms with Gasteiger partial charge in [-0.15, -0.1) is 0 Å². The van der Waals surface area contributed by atoms with Gasteiger partial charge in [0.15, 0.2) is 0 Å². The Kier molecular flexibility index (Phi) is 4.32. The van der Waals surface area contributed by atoms with Crippen LogP contribution in [0.15, 0.2) is 18.3 Å². The molecule has 0 saturated carbocycles. The monoisotopic (exact) mass is 213 g/mol. The second-order valence-corrected chi connectivity index (χ2v) is 4.03. The Bertz CT molecular complexity index is 288. The number of pyridine rings is 1. The fraction of sp³-hybridized carbons (Fsp3) is 0.500. The third-order valence-corrected chi connectivity index (χ3v) is 2.25. The standard InChI is InChI=1S/C10H16ClN3/c1-14(2)6-4-9(12)10-7-8(11)3-5-13-10/h3,5,7,9H,4,6,12H2,1-2H3. The Morgan fingerprint density at radius 1 is 1.57 bits per heavy atom. The van der Waals surface area contributed by atoms with Crippen LogP contribution < -0.4 is 5.73 Å². The zero-order chi connectivity index (χ0) is 10.6. The van der Waals surface area contributed by atoms with Crippen LogP contribution in [0, 0.1) is 0 Å². The van der Waals surface area contributed by atoms with Gasteiger partial charge in [-0.25, -0.2) is 0 Å². The molecule has 3 nitrogen and oxygen atoms in total. The van der Waals surface area contributed by atoms with Gasteiger partial charge in [-0.05, 0) is 39.2 Å². The zero-order valence-electron chi connectivity index (χ0n) is 8.57. The van der Waals surface area contributed by atoms with Crippen LogP contribution in [0.5, 0.6) is 0 Å². The van der Waals surface area contributed by atoms with Gasteiger partial charge in [0.05, 0.1) is 5.69 Å². The summed E-state index contributed by atoms with van der Waals surface area (Å²) >= 11 is 5.85. The molecule has 0 aliphatic carbocycles. The molecule has 1 atom stereocenters. The Hall–Kier alpha value is -0.640. The molecule has 1 aromatic heterocycles. The van der Waals surface area contributed by atoms with E-state index in [9.17, 15) is 0 Å². The molecule has 78 valence electrons. The van der Waals surface area contributed by atoms with Crippen LogP contribution in [-0.4, -0.2) is 30.5 Å². The summed E-state index contributed by atoms with van der Waals surface area (Å²) < 4.78 is 0. The first-order valence-corrected chi connectivity index (χ1v) is 4.99. The molecule has 2 N–H and O–H groups in total. The molecular weight excluding hydrogens is 198 g/mol. The lowest BCUT2D eigenvalue weighted by atomic mass is 10.1. The molecule has 1 heterocycles. The highest BCUT2D eigenvalue weighted by Gasteiger charge is 2.07. The smallest absolute Gasteiger partial charge is 0.0586 e. The Labute approximate surface area is 89.9 Å². The van der Waals surface area contributed by atoms with Gasteiger partial charge >= 0.3 is 0 Å². The molecule has 1 rings (SSSR count). The molecule has 14 heavy (non-hydrogen) atoms. The van der Waals surface area contributed by atoms with E-state index in [4.69, 9.17) is 17.3 Å². The highest BCUT2D eigenvalue weighted by Crippen LogP contribution is 2.15. The minimum absolute atomic E-state index is 0.0314. The van der Waals surface area contributed by atoms with Crippen LogP contribution in [0.1, 0.15) is 18.2 Å². The van der Waals surface area contributed by atoms with E-state index >= 15 is 0 Å². The second kappa shape index (κ2) is 5.29. The van der Waals surface area contributed by atoms with Crippen LogP contribution in [0.25, 0.3) is 0 Å². The van der Waals surface area contributed by atoms with Crippen molar-refractivity contribution in [3.8, 4) is 0 Å². The molecule has 0 saturated heterocycles. The second-order valence-electron chi connectivity index (χ2n) is 3.60. The van der Waals surface area contributed by atoms with E-state index in [0.29, 0.717) is 5.02 Å². The van der Waals surface area contributed by atoms with Crippen molar-refractivity contribution < 1.29 is 0 Å². The van der Waals surface area contributed by atoms with E-state index in [1.807, 2.05) is 20.2 Å². The molecule has 0 aliphatic heterocycles. The molecule has 1 aromatic rings. The van der Waals surface area contributed by atoms with Crippen LogP contribution in [0.4, 0.5) is 0 Å². The van der Waals surface area contributed by atoms with E-state index in [1.54, 1.807) is 12.3 Å².